The summed E-state index contributed by atoms with van der Waals surface area (Å²) in [5, 5.41) is 2.78. The molecule has 1 atom stereocenters. The Kier molecular flexibility index (Phi) is 4.42. The summed E-state index contributed by atoms with van der Waals surface area (Å²) in [5.41, 5.74) is 1.47. The zero-order valence-electron chi connectivity index (χ0n) is 13.5. The first-order valence-electron chi connectivity index (χ1n) is 7.65. The largest absolute Gasteiger partial charge is 0.441 e. The minimum atomic E-state index is -3.38. The number of hydrogen-bond donors (Lipinski definition) is 1. The van der Waals surface area contributed by atoms with E-state index >= 15 is 0 Å². The zero-order valence-corrected chi connectivity index (χ0v) is 14.3. The Hall–Kier alpha value is -2.19. The molecule has 1 aromatic carbocycles. The molecule has 1 aliphatic heterocycles. The van der Waals surface area contributed by atoms with Gasteiger partial charge in [-0.05, 0) is 37.1 Å². The van der Waals surface area contributed by atoms with Gasteiger partial charge in [-0.1, -0.05) is 0 Å². The van der Waals surface area contributed by atoms with E-state index in [0.717, 1.165) is 11.8 Å². The van der Waals surface area contributed by atoms with E-state index in [1.54, 1.807) is 25.3 Å². The minimum Gasteiger partial charge on any atom is -0.441 e. The Morgan fingerprint density at radius 2 is 2.04 bits per heavy atom. The maximum absolute atomic E-state index is 12.4. The van der Waals surface area contributed by atoms with Gasteiger partial charge in [-0.2, -0.15) is 4.31 Å². The van der Waals surface area contributed by atoms with Crippen LogP contribution in [0.5, 0.6) is 0 Å². The van der Waals surface area contributed by atoms with Crippen LogP contribution in [0.25, 0.3) is 11.3 Å². The zero-order chi connectivity index (χ0) is 17.3. The van der Waals surface area contributed by atoms with E-state index in [4.69, 9.17) is 4.42 Å². The number of carbonyl (C=O) groups is 1. The molecule has 1 saturated heterocycles. The highest BCUT2D eigenvalue weighted by Gasteiger charge is 2.36. The quantitative estimate of drug-likeness (QED) is 0.911. The Labute approximate surface area is 140 Å². The summed E-state index contributed by atoms with van der Waals surface area (Å²) in [6.45, 7) is 2.16. The molecule has 8 heteroatoms. The van der Waals surface area contributed by atoms with Crippen molar-refractivity contribution >= 4 is 21.6 Å². The summed E-state index contributed by atoms with van der Waals surface area (Å²) in [6.07, 6.45) is 4.00. The predicted molar refractivity (Wildman–Crippen MR) is 89.9 cm³/mol. The average molecular weight is 349 g/mol. The maximum Gasteiger partial charge on any atom is 0.242 e. The lowest BCUT2D eigenvalue weighted by Gasteiger charge is -2.21. The second kappa shape index (κ2) is 6.37. The van der Waals surface area contributed by atoms with Gasteiger partial charge in [-0.15, -0.1) is 0 Å². The molecule has 128 valence electrons. The molecule has 0 saturated carbocycles. The summed E-state index contributed by atoms with van der Waals surface area (Å²) in [5.74, 6) is 0.940. The van der Waals surface area contributed by atoms with Crippen LogP contribution in [-0.2, 0) is 14.8 Å². The van der Waals surface area contributed by atoms with Crippen molar-refractivity contribution in [2.45, 2.75) is 25.8 Å². The van der Waals surface area contributed by atoms with E-state index in [2.05, 4.69) is 10.3 Å². The van der Waals surface area contributed by atoms with E-state index < -0.39 is 16.1 Å². The van der Waals surface area contributed by atoms with Gasteiger partial charge < -0.3 is 9.73 Å². The topological polar surface area (TPSA) is 92.5 Å². The molecule has 1 amide bonds. The molecule has 3 rings (SSSR count). The molecule has 2 heterocycles. The van der Waals surface area contributed by atoms with Gasteiger partial charge in [0, 0.05) is 24.7 Å². The van der Waals surface area contributed by atoms with Gasteiger partial charge >= 0.3 is 0 Å². The van der Waals surface area contributed by atoms with E-state index in [1.165, 1.54) is 4.31 Å². The number of nitrogens with one attached hydrogen (secondary N) is 1. The first-order valence-corrected chi connectivity index (χ1v) is 9.50. The Morgan fingerprint density at radius 3 is 2.62 bits per heavy atom. The standard InChI is InChI=1S/C16H19N3O4S/c1-11-17-10-15(23-11)12-5-7-13(8-6-12)18-16(20)14-4-3-9-19(14)24(2,21)22/h5-8,10,14H,3-4,9H2,1-2H3,(H,18,20). The highest BCUT2D eigenvalue weighted by atomic mass is 32.2. The number of aromatic nitrogens is 1. The van der Waals surface area contributed by atoms with Gasteiger partial charge in [0.25, 0.3) is 0 Å². The number of rotatable bonds is 4. The first kappa shape index (κ1) is 16.7. The lowest BCUT2D eigenvalue weighted by molar-refractivity contribution is -0.119. The normalized spacial score (nSPS) is 18.7. The number of sulfonamides is 1. The molecule has 24 heavy (non-hydrogen) atoms. The number of carbonyl (C=O) groups excluding carboxylic acids is 1. The fraction of sp³-hybridized carbons (Fsp3) is 0.375. The summed E-state index contributed by atoms with van der Waals surface area (Å²) in [7, 11) is -3.38. The summed E-state index contributed by atoms with van der Waals surface area (Å²) < 4.78 is 30.2. The van der Waals surface area contributed by atoms with E-state index in [1.807, 2.05) is 12.1 Å². The van der Waals surface area contributed by atoms with Crippen molar-refractivity contribution in [1.82, 2.24) is 9.29 Å². The van der Waals surface area contributed by atoms with Gasteiger partial charge in [0.05, 0.1) is 12.5 Å². The molecule has 1 fully saturated rings. The van der Waals surface area contributed by atoms with Crippen LogP contribution in [-0.4, -0.2) is 42.5 Å². The molecule has 2 aromatic rings. The molecular formula is C16H19N3O4S. The van der Waals surface area contributed by atoms with E-state index in [9.17, 15) is 13.2 Å². The molecule has 0 spiro atoms. The second-order valence-corrected chi connectivity index (χ2v) is 7.78. The molecule has 1 N–H and O–H groups in total. The number of aryl methyl sites for hydroxylation is 1. The van der Waals surface area contributed by atoms with Crippen LogP contribution >= 0.6 is 0 Å². The smallest absolute Gasteiger partial charge is 0.242 e. The van der Waals surface area contributed by atoms with Crippen LogP contribution < -0.4 is 5.32 Å². The van der Waals surface area contributed by atoms with Crippen LogP contribution in [0.15, 0.2) is 34.9 Å². The summed E-state index contributed by atoms with van der Waals surface area (Å²) >= 11 is 0. The average Bonchev–Trinajstić information content (AvgIpc) is 3.16. The van der Waals surface area contributed by atoms with Crippen LogP contribution in [0.3, 0.4) is 0 Å². The summed E-state index contributed by atoms with van der Waals surface area (Å²) in [6, 6.07) is 6.50. The number of amides is 1. The first-order chi connectivity index (χ1) is 11.3. The third-order valence-corrected chi connectivity index (χ3v) is 5.28. The number of nitrogens with zero attached hydrogens (tertiary/aromatic N) is 2. The molecular weight excluding hydrogens is 330 g/mol. The predicted octanol–water partition coefficient (Wildman–Crippen LogP) is 2.01. The van der Waals surface area contributed by atoms with Gasteiger partial charge in [0.2, 0.25) is 15.9 Å². The van der Waals surface area contributed by atoms with Crippen molar-refractivity contribution in [1.29, 1.82) is 0 Å². The Balaban J connectivity index is 1.71. The Morgan fingerprint density at radius 1 is 1.33 bits per heavy atom. The minimum absolute atomic E-state index is 0.304. The van der Waals surface area contributed by atoms with Gasteiger partial charge in [-0.3, -0.25) is 4.79 Å². The second-order valence-electron chi connectivity index (χ2n) is 5.84. The number of hydrogen-bond acceptors (Lipinski definition) is 5. The van der Waals surface area contributed by atoms with Crippen molar-refractivity contribution in [2.75, 3.05) is 18.1 Å². The Bertz CT molecular complexity index is 842. The maximum atomic E-state index is 12.4. The number of oxazole rings is 1. The molecule has 0 bridgehead atoms. The lowest BCUT2D eigenvalue weighted by atomic mass is 10.1. The van der Waals surface area contributed by atoms with Gasteiger partial charge in [0.15, 0.2) is 11.7 Å². The van der Waals surface area contributed by atoms with Crippen molar-refractivity contribution < 1.29 is 17.6 Å². The third kappa shape index (κ3) is 3.49. The SMILES string of the molecule is Cc1ncc(-c2ccc(NC(=O)C3CCCN3S(C)(=O)=O)cc2)o1. The van der Waals surface area contributed by atoms with Crippen LogP contribution in [0.4, 0.5) is 5.69 Å². The molecule has 1 aliphatic rings. The summed E-state index contributed by atoms with van der Waals surface area (Å²) in [4.78, 5) is 16.4. The van der Waals surface area contributed by atoms with Crippen molar-refractivity contribution in [3.8, 4) is 11.3 Å². The van der Waals surface area contributed by atoms with Crippen molar-refractivity contribution in [2.24, 2.45) is 0 Å². The number of benzene rings is 1. The van der Waals surface area contributed by atoms with E-state index in [-0.39, 0.29) is 5.91 Å². The molecule has 1 unspecified atom stereocenters. The van der Waals surface area contributed by atoms with Crippen LogP contribution in [0.1, 0.15) is 18.7 Å². The van der Waals surface area contributed by atoms with Crippen LogP contribution in [0, 0.1) is 6.92 Å². The lowest BCUT2D eigenvalue weighted by Crippen LogP contribution is -2.42. The van der Waals surface area contributed by atoms with Crippen LogP contribution in [0.2, 0.25) is 0 Å². The fourth-order valence-corrected chi connectivity index (χ4v) is 3.96. The molecule has 0 aliphatic carbocycles. The monoisotopic (exact) mass is 349 g/mol. The molecule has 1 aromatic heterocycles. The van der Waals surface area contributed by atoms with Crippen molar-refractivity contribution in [3.05, 3.63) is 36.4 Å². The van der Waals surface area contributed by atoms with E-state index in [0.29, 0.717) is 36.7 Å². The number of anilines is 1. The van der Waals surface area contributed by atoms with Gasteiger partial charge in [-0.25, -0.2) is 13.4 Å². The molecule has 0 radical (unpaired) electrons. The highest BCUT2D eigenvalue weighted by molar-refractivity contribution is 7.88. The highest BCUT2D eigenvalue weighted by Crippen LogP contribution is 2.24. The van der Waals surface area contributed by atoms with Gasteiger partial charge in [0.1, 0.15) is 6.04 Å². The van der Waals surface area contributed by atoms with Crippen molar-refractivity contribution in [3.63, 3.8) is 0 Å². The fourth-order valence-electron chi connectivity index (χ4n) is 2.84. The third-order valence-electron chi connectivity index (χ3n) is 3.99. The molecule has 7 nitrogen and oxygen atoms in total.